The molecule has 0 spiro atoms. The van der Waals surface area contributed by atoms with Gasteiger partial charge in [-0.05, 0) is 36.2 Å². The van der Waals surface area contributed by atoms with Crippen molar-refractivity contribution in [3.05, 3.63) is 87.4 Å². The number of hydrogen-bond donors (Lipinski definition) is 0. The Balaban J connectivity index is 1.84. The van der Waals surface area contributed by atoms with Crippen molar-refractivity contribution in [1.82, 2.24) is 19.5 Å². The molecule has 0 saturated heterocycles. The van der Waals surface area contributed by atoms with Gasteiger partial charge in [0.1, 0.15) is 5.82 Å². The van der Waals surface area contributed by atoms with Crippen molar-refractivity contribution in [1.29, 1.82) is 5.26 Å². The SMILES string of the molecule is N#Cc1cccc(-c2nc3nccnc3c(=O)n2CCc2ccc(Cl)cc2)c1. The second-order valence-corrected chi connectivity index (χ2v) is 6.63. The van der Waals surface area contributed by atoms with Crippen LogP contribution in [0.25, 0.3) is 22.6 Å². The molecule has 0 aliphatic carbocycles. The molecule has 0 amide bonds. The third-order valence-corrected chi connectivity index (χ3v) is 4.63. The summed E-state index contributed by atoms with van der Waals surface area (Å²) in [7, 11) is 0. The van der Waals surface area contributed by atoms with Crippen LogP contribution >= 0.6 is 11.6 Å². The van der Waals surface area contributed by atoms with Crippen molar-refractivity contribution in [3.8, 4) is 17.5 Å². The van der Waals surface area contributed by atoms with Crippen LogP contribution in [0, 0.1) is 11.3 Å². The summed E-state index contributed by atoms with van der Waals surface area (Å²) < 4.78 is 1.59. The number of rotatable bonds is 4. The van der Waals surface area contributed by atoms with Crippen molar-refractivity contribution in [3.63, 3.8) is 0 Å². The minimum absolute atomic E-state index is 0.221. The van der Waals surface area contributed by atoms with Gasteiger partial charge in [-0.2, -0.15) is 5.26 Å². The van der Waals surface area contributed by atoms with E-state index in [1.807, 2.05) is 30.3 Å². The second-order valence-electron chi connectivity index (χ2n) is 6.19. The fourth-order valence-electron chi connectivity index (χ4n) is 3.00. The quantitative estimate of drug-likeness (QED) is 0.534. The number of nitriles is 1. The number of hydrogen-bond acceptors (Lipinski definition) is 5. The first kappa shape index (κ1) is 17.8. The van der Waals surface area contributed by atoms with Gasteiger partial charge in [-0.25, -0.2) is 15.0 Å². The maximum absolute atomic E-state index is 13.1. The van der Waals surface area contributed by atoms with E-state index in [-0.39, 0.29) is 16.7 Å². The van der Waals surface area contributed by atoms with Gasteiger partial charge in [0.2, 0.25) is 0 Å². The Morgan fingerprint density at radius 1 is 1.07 bits per heavy atom. The molecule has 0 aliphatic heterocycles. The fourth-order valence-corrected chi connectivity index (χ4v) is 3.12. The maximum Gasteiger partial charge on any atom is 0.281 e. The summed E-state index contributed by atoms with van der Waals surface area (Å²) >= 11 is 5.95. The zero-order chi connectivity index (χ0) is 19.5. The Kier molecular flexibility index (Phi) is 4.83. The Labute approximate surface area is 165 Å². The van der Waals surface area contributed by atoms with E-state index in [1.165, 1.54) is 12.4 Å². The highest BCUT2D eigenvalue weighted by Gasteiger charge is 2.15. The van der Waals surface area contributed by atoms with E-state index in [1.54, 1.807) is 22.8 Å². The van der Waals surface area contributed by atoms with Gasteiger partial charge in [-0.15, -0.1) is 0 Å². The predicted molar refractivity (Wildman–Crippen MR) is 107 cm³/mol. The topological polar surface area (TPSA) is 84.5 Å². The molecule has 0 unspecified atom stereocenters. The summed E-state index contributed by atoms with van der Waals surface area (Å²) in [6.45, 7) is 0.409. The van der Waals surface area contributed by atoms with Gasteiger partial charge in [0.15, 0.2) is 11.2 Å². The van der Waals surface area contributed by atoms with Crippen LogP contribution in [0.1, 0.15) is 11.1 Å². The van der Waals surface area contributed by atoms with Crippen LogP contribution in [0.4, 0.5) is 0 Å². The van der Waals surface area contributed by atoms with Crippen LogP contribution in [0.3, 0.4) is 0 Å². The van der Waals surface area contributed by atoms with Crippen LogP contribution < -0.4 is 5.56 Å². The largest absolute Gasteiger partial charge is 0.290 e. The molecule has 6 nitrogen and oxygen atoms in total. The Hall–Kier alpha value is -3.56. The zero-order valence-corrected chi connectivity index (χ0v) is 15.5. The molecule has 4 rings (SSSR count). The van der Waals surface area contributed by atoms with E-state index in [9.17, 15) is 10.1 Å². The van der Waals surface area contributed by atoms with E-state index in [4.69, 9.17) is 11.6 Å². The molecule has 0 atom stereocenters. The lowest BCUT2D eigenvalue weighted by atomic mass is 10.1. The summed E-state index contributed by atoms with van der Waals surface area (Å²) in [5.41, 5.74) is 2.47. The van der Waals surface area contributed by atoms with Gasteiger partial charge in [0.25, 0.3) is 5.56 Å². The summed E-state index contributed by atoms with van der Waals surface area (Å²) in [5, 5.41) is 9.87. The summed E-state index contributed by atoms with van der Waals surface area (Å²) in [4.78, 5) is 26.0. The fraction of sp³-hybridized carbons (Fsp3) is 0.0952. The first-order valence-corrected chi connectivity index (χ1v) is 9.00. The average Bonchev–Trinajstić information content (AvgIpc) is 2.74. The van der Waals surface area contributed by atoms with E-state index in [0.717, 1.165) is 5.56 Å². The molecule has 0 bridgehead atoms. The number of nitrogens with zero attached hydrogens (tertiary/aromatic N) is 5. The van der Waals surface area contributed by atoms with Gasteiger partial charge in [-0.3, -0.25) is 9.36 Å². The van der Waals surface area contributed by atoms with Gasteiger partial charge in [0, 0.05) is 29.5 Å². The molecule has 136 valence electrons. The highest BCUT2D eigenvalue weighted by molar-refractivity contribution is 6.30. The Morgan fingerprint density at radius 3 is 2.64 bits per heavy atom. The van der Waals surface area contributed by atoms with Gasteiger partial charge >= 0.3 is 0 Å². The molecule has 0 N–H and O–H groups in total. The van der Waals surface area contributed by atoms with Crippen molar-refractivity contribution in [2.45, 2.75) is 13.0 Å². The molecule has 2 aromatic carbocycles. The van der Waals surface area contributed by atoms with E-state index in [0.29, 0.717) is 34.9 Å². The Bertz CT molecular complexity index is 1260. The molecule has 0 aliphatic rings. The smallest absolute Gasteiger partial charge is 0.281 e. The molecule has 0 fully saturated rings. The maximum atomic E-state index is 13.1. The standard InChI is InChI=1S/C21H14ClN5O/c22-17-6-4-14(5-7-17)8-11-27-20(16-3-1-2-15(12-16)13-23)26-19-18(21(27)28)24-9-10-25-19/h1-7,9-10,12H,8,11H2. The predicted octanol–water partition coefficient (Wildman–Crippen LogP) is 3.62. The van der Waals surface area contributed by atoms with Crippen LogP contribution in [0.2, 0.25) is 5.02 Å². The van der Waals surface area contributed by atoms with Gasteiger partial charge in [0.05, 0.1) is 11.6 Å². The van der Waals surface area contributed by atoms with Crippen LogP contribution in [-0.4, -0.2) is 19.5 Å². The van der Waals surface area contributed by atoms with Crippen molar-refractivity contribution in [2.75, 3.05) is 0 Å². The minimum Gasteiger partial charge on any atom is -0.290 e. The van der Waals surface area contributed by atoms with Gasteiger partial charge < -0.3 is 0 Å². The van der Waals surface area contributed by atoms with E-state index >= 15 is 0 Å². The highest BCUT2D eigenvalue weighted by atomic mass is 35.5. The van der Waals surface area contributed by atoms with Crippen LogP contribution in [0.15, 0.2) is 65.7 Å². The molecule has 2 heterocycles. The first-order valence-electron chi connectivity index (χ1n) is 8.62. The number of aryl methyl sites for hydroxylation is 1. The normalized spacial score (nSPS) is 10.7. The lowest BCUT2D eigenvalue weighted by Gasteiger charge is -2.13. The van der Waals surface area contributed by atoms with Crippen molar-refractivity contribution >= 4 is 22.8 Å². The molecule has 0 radical (unpaired) electrons. The van der Waals surface area contributed by atoms with E-state index < -0.39 is 0 Å². The molecule has 2 aromatic heterocycles. The van der Waals surface area contributed by atoms with Crippen LogP contribution in [-0.2, 0) is 13.0 Å². The average molecular weight is 388 g/mol. The van der Waals surface area contributed by atoms with Crippen LogP contribution in [0.5, 0.6) is 0 Å². The van der Waals surface area contributed by atoms with Crippen molar-refractivity contribution < 1.29 is 0 Å². The molecular formula is C21H14ClN5O. The number of halogens is 1. The molecule has 0 saturated carbocycles. The first-order chi connectivity index (χ1) is 13.7. The minimum atomic E-state index is -0.260. The molecule has 4 aromatic rings. The highest BCUT2D eigenvalue weighted by Crippen LogP contribution is 2.20. The third-order valence-electron chi connectivity index (χ3n) is 4.38. The number of fused-ring (bicyclic) bond motifs is 1. The molecule has 28 heavy (non-hydrogen) atoms. The molecular weight excluding hydrogens is 374 g/mol. The summed E-state index contributed by atoms with van der Waals surface area (Å²) in [6, 6.07) is 16.6. The summed E-state index contributed by atoms with van der Waals surface area (Å²) in [5.74, 6) is 0.462. The number of aromatic nitrogens is 4. The van der Waals surface area contributed by atoms with Crippen molar-refractivity contribution in [2.24, 2.45) is 0 Å². The van der Waals surface area contributed by atoms with Gasteiger partial charge in [-0.1, -0.05) is 35.9 Å². The lowest BCUT2D eigenvalue weighted by molar-refractivity contribution is 0.669. The lowest BCUT2D eigenvalue weighted by Crippen LogP contribution is -2.25. The van der Waals surface area contributed by atoms with E-state index in [2.05, 4.69) is 21.0 Å². The zero-order valence-electron chi connectivity index (χ0n) is 14.7. The number of benzene rings is 2. The Morgan fingerprint density at radius 2 is 1.86 bits per heavy atom. The molecule has 7 heteroatoms. The third kappa shape index (κ3) is 3.48. The monoisotopic (exact) mass is 387 g/mol. The summed E-state index contributed by atoms with van der Waals surface area (Å²) in [6.07, 6.45) is 3.60. The second kappa shape index (κ2) is 7.59.